The minimum Gasteiger partial charge on any atom is -0.317 e. The predicted molar refractivity (Wildman–Crippen MR) is 86.1 cm³/mol. The Morgan fingerprint density at radius 2 is 1.95 bits per heavy atom. The fourth-order valence-corrected chi connectivity index (χ4v) is 4.81. The Bertz CT molecular complexity index is 557. The number of hydrogen-bond donors (Lipinski definition) is 1. The standard InChI is InChI=1S/C15H23ClN2O2S/c1-2-11-18(12-13-7-9-17-10-8-13)21(19,20)15-6-4-3-5-14(15)16/h3-6,13,17H,2,7-12H2,1H3. The van der Waals surface area contributed by atoms with Gasteiger partial charge in [0, 0.05) is 13.1 Å². The molecule has 1 heterocycles. The SMILES string of the molecule is CCCN(CC1CCNCC1)S(=O)(=O)c1ccccc1Cl. The second kappa shape index (κ2) is 7.58. The second-order valence-corrected chi connectivity index (χ2v) is 7.80. The first-order valence-corrected chi connectivity index (χ1v) is 9.33. The number of benzene rings is 1. The highest BCUT2D eigenvalue weighted by Gasteiger charge is 2.28. The molecule has 4 nitrogen and oxygen atoms in total. The van der Waals surface area contributed by atoms with Gasteiger partial charge < -0.3 is 5.32 Å². The van der Waals surface area contributed by atoms with Gasteiger partial charge in [-0.2, -0.15) is 4.31 Å². The van der Waals surface area contributed by atoms with Gasteiger partial charge in [0.15, 0.2) is 0 Å². The van der Waals surface area contributed by atoms with Crippen molar-refractivity contribution in [3.8, 4) is 0 Å². The number of nitrogens with zero attached hydrogens (tertiary/aromatic N) is 1. The van der Waals surface area contributed by atoms with Crippen LogP contribution < -0.4 is 5.32 Å². The minimum atomic E-state index is -3.51. The largest absolute Gasteiger partial charge is 0.317 e. The maximum absolute atomic E-state index is 12.8. The van der Waals surface area contributed by atoms with E-state index in [-0.39, 0.29) is 4.90 Å². The monoisotopic (exact) mass is 330 g/mol. The van der Waals surface area contributed by atoms with E-state index in [1.165, 1.54) is 0 Å². The summed E-state index contributed by atoms with van der Waals surface area (Å²) in [6.07, 6.45) is 2.85. The van der Waals surface area contributed by atoms with Crippen molar-refractivity contribution in [3.05, 3.63) is 29.3 Å². The van der Waals surface area contributed by atoms with Crippen LogP contribution in [0.3, 0.4) is 0 Å². The van der Waals surface area contributed by atoms with Crippen LogP contribution in [-0.4, -0.2) is 38.9 Å². The Kier molecular flexibility index (Phi) is 6.05. The molecule has 1 aliphatic rings. The molecule has 0 bridgehead atoms. The molecule has 0 aromatic heterocycles. The molecular formula is C15H23ClN2O2S. The Morgan fingerprint density at radius 1 is 1.29 bits per heavy atom. The fourth-order valence-electron chi connectivity index (χ4n) is 2.70. The summed E-state index contributed by atoms with van der Waals surface area (Å²) < 4.78 is 27.3. The molecule has 0 unspecified atom stereocenters. The van der Waals surface area contributed by atoms with E-state index in [1.807, 2.05) is 6.92 Å². The third kappa shape index (κ3) is 4.19. The molecule has 1 N–H and O–H groups in total. The van der Waals surface area contributed by atoms with Gasteiger partial charge >= 0.3 is 0 Å². The van der Waals surface area contributed by atoms with Crippen molar-refractivity contribution in [2.75, 3.05) is 26.2 Å². The molecule has 0 radical (unpaired) electrons. The maximum Gasteiger partial charge on any atom is 0.244 e. The zero-order valence-electron chi connectivity index (χ0n) is 12.4. The summed E-state index contributed by atoms with van der Waals surface area (Å²) >= 11 is 6.08. The van der Waals surface area contributed by atoms with Crippen molar-refractivity contribution < 1.29 is 8.42 Å². The van der Waals surface area contributed by atoms with Crippen LogP contribution in [0.15, 0.2) is 29.2 Å². The predicted octanol–water partition coefficient (Wildman–Crippen LogP) is 2.74. The second-order valence-electron chi connectivity index (χ2n) is 5.49. The molecule has 0 spiro atoms. The highest BCUT2D eigenvalue weighted by Crippen LogP contribution is 2.26. The smallest absolute Gasteiger partial charge is 0.244 e. The van der Waals surface area contributed by atoms with Crippen LogP contribution in [0.4, 0.5) is 0 Å². The average Bonchev–Trinajstić information content (AvgIpc) is 2.48. The van der Waals surface area contributed by atoms with Gasteiger partial charge in [0.05, 0.1) is 5.02 Å². The van der Waals surface area contributed by atoms with Gasteiger partial charge in [0.2, 0.25) is 10.0 Å². The molecule has 1 aromatic rings. The summed E-state index contributed by atoms with van der Waals surface area (Å²) in [6.45, 7) is 5.06. The number of piperidine rings is 1. The third-order valence-electron chi connectivity index (χ3n) is 3.85. The molecule has 1 aliphatic heterocycles. The third-order valence-corrected chi connectivity index (χ3v) is 6.21. The lowest BCUT2D eigenvalue weighted by molar-refractivity contribution is 0.288. The lowest BCUT2D eigenvalue weighted by Gasteiger charge is -2.29. The van der Waals surface area contributed by atoms with E-state index in [2.05, 4.69) is 5.32 Å². The zero-order valence-corrected chi connectivity index (χ0v) is 14.0. The summed E-state index contributed by atoms with van der Waals surface area (Å²) in [5.74, 6) is 0.426. The molecule has 0 atom stereocenters. The highest BCUT2D eigenvalue weighted by atomic mass is 35.5. The molecule has 0 amide bonds. The van der Waals surface area contributed by atoms with E-state index >= 15 is 0 Å². The van der Waals surface area contributed by atoms with Crippen LogP contribution in [0.1, 0.15) is 26.2 Å². The van der Waals surface area contributed by atoms with E-state index in [0.29, 0.717) is 24.0 Å². The number of halogens is 1. The Labute approximate surface area is 132 Å². The molecule has 1 saturated heterocycles. The lowest BCUT2D eigenvalue weighted by atomic mass is 9.98. The Morgan fingerprint density at radius 3 is 2.57 bits per heavy atom. The number of sulfonamides is 1. The molecular weight excluding hydrogens is 308 g/mol. The Balaban J connectivity index is 2.21. The van der Waals surface area contributed by atoms with Crippen molar-refractivity contribution >= 4 is 21.6 Å². The van der Waals surface area contributed by atoms with Crippen molar-refractivity contribution in [3.63, 3.8) is 0 Å². The molecule has 1 fully saturated rings. The van der Waals surface area contributed by atoms with E-state index < -0.39 is 10.0 Å². The van der Waals surface area contributed by atoms with E-state index in [4.69, 9.17) is 11.6 Å². The van der Waals surface area contributed by atoms with Crippen LogP contribution >= 0.6 is 11.6 Å². The van der Waals surface area contributed by atoms with Crippen molar-refractivity contribution in [2.24, 2.45) is 5.92 Å². The topological polar surface area (TPSA) is 49.4 Å². The number of hydrogen-bond acceptors (Lipinski definition) is 3. The summed E-state index contributed by atoms with van der Waals surface area (Å²) in [4.78, 5) is 0.217. The van der Waals surface area contributed by atoms with Crippen LogP contribution in [0.5, 0.6) is 0 Å². The molecule has 0 aliphatic carbocycles. The summed E-state index contributed by atoms with van der Waals surface area (Å²) in [5.41, 5.74) is 0. The fraction of sp³-hybridized carbons (Fsp3) is 0.600. The van der Waals surface area contributed by atoms with Crippen LogP contribution in [0.25, 0.3) is 0 Å². The van der Waals surface area contributed by atoms with E-state index in [0.717, 1.165) is 32.4 Å². The van der Waals surface area contributed by atoms with Crippen molar-refractivity contribution in [2.45, 2.75) is 31.1 Å². The first-order valence-electron chi connectivity index (χ1n) is 7.51. The Hall–Kier alpha value is -0.620. The van der Waals surface area contributed by atoms with E-state index in [1.54, 1.807) is 28.6 Å². The number of rotatable bonds is 6. The first kappa shape index (κ1) is 16.7. The van der Waals surface area contributed by atoms with Gasteiger partial charge in [-0.25, -0.2) is 8.42 Å². The highest BCUT2D eigenvalue weighted by molar-refractivity contribution is 7.89. The molecule has 21 heavy (non-hydrogen) atoms. The van der Waals surface area contributed by atoms with E-state index in [9.17, 15) is 8.42 Å². The quantitative estimate of drug-likeness (QED) is 0.872. The van der Waals surface area contributed by atoms with Gasteiger partial charge in [-0.15, -0.1) is 0 Å². The summed E-state index contributed by atoms with van der Waals surface area (Å²) in [7, 11) is -3.51. The molecule has 1 aromatic carbocycles. The molecule has 118 valence electrons. The molecule has 2 rings (SSSR count). The van der Waals surface area contributed by atoms with Crippen molar-refractivity contribution in [1.82, 2.24) is 9.62 Å². The van der Waals surface area contributed by atoms with Gasteiger partial charge in [-0.3, -0.25) is 0 Å². The maximum atomic E-state index is 12.8. The van der Waals surface area contributed by atoms with Gasteiger partial charge in [-0.1, -0.05) is 30.7 Å². The van der Waals surface area contributed by atoms with Crippen molar-refractivity contribution in [1.29, 1.82) is 0 Å². The first-order chi connectivity index (χ1) is 10.1. The number of nitrogens with one attached hydrogen (secondary N) is 1. The summed E-state index contributed by atoms with van der Waals surface area (Å²) in [6, 6.07) is 6.68. The van der Waals surface area contributed by atoms with Gasteiger partial charge in [0.25, 0.3) is 0 Å². The average molecular weight is 331 g/mol. The van der Waals surface area contributed by atoms with Crippen LogP contribution in [0, 0.1) is 5.92 Å². The normalized spacial score (nSPS) is 17.3. The molecule has 0 saturated carbocycles. The lowest BCUT2D eigenvalue weighted by Crippen LogP contribution is -2.39. The molecule has 6 heteroatoms. The zero-order chi connectivity index (χ0) is 15.3. The van der Waals surface area contributed by atoms with Crippen LogP contribution in [0.2, 0.25) is 5.02 Å². The minimum absolute atomic E-state index is 0.217. The summed E-state index contributed by atoms with van der Waals surface area (Å²) in [5, 5.41) is 3.61. The van der Waals surface area contributed by atoms with Gasteiger partial charge in [0.1, 0.15) is 4.90 Å². The van der Waals surface area contributed by atoms with Crippen LogP contribution in [-0.2, 0) is 10.0 Å². The van der Waals surface area contributed by atoms with Gasteiger partial charge in [-0.05, 0) is 50.4 Å².